The highest BCUT2D eigenvalue weighted by Crippen LogP contribution is 2.22. The second-order valence-electron chi connectivity index (χ2n) is 4.99. The number of H-pyrrole nitrogens is 1. The third-order valence-corrected chi connectivity index (χ3v) is 3.48. The van der Waals surface area contributed by atoms with Crippen LogP contribution in [0.2, 0.25) is 0 Å². The zero-order chi connectivity index (χ0) is 13.4. The maximum Gasteiger partial charge on any atom is 0.277 e. The highest BCUT2D eigenvalue weighted by Gasteiger charge is 2.10. The zero-order valence-corrected chi connectivity index (χ0v) is 11.2. The number of aromatic amines is 1. The number of hydrogen-bond donors (Lipinski definition) is 1. The molecule has 0 aliphatic carbocycles. The van der Waals surface area contributed by atoms with Gasteiger partial charge in [0.2, 0.25) is 0 Å². The van der Waals surface area contributed by atoms with Crippen molar-refractivity contribution in [3.8, 4) is 0 Å². The third kappa shape index (κ3) is 1.93. The first-order chi connectivity index (χ1) is 9.20. The van der Waals surface area contributed by atoms with Gasteiger partial charge in [-0.15, -0.1) is 0 Å². The predicted molar refractivity (Wildman–Crippen MR) is 77.5 cm³/mol. The van der Waals surface area contributed by atoms with Crippen LogP contribution in [0.15, 0.2) is 29.3 Å². The molecule has 0 saturated carbocycles. The fourth-order valence-corrected chi connectivity index (χ4v) is 2.40. The average Bonchev–Trinajstić information content (AvgIpc) is 2.76. The molecule has 0 unspecified atom stereocenters. The van der Waals surface area contributed by atoms with Crippen molar-refractivity contribution < 1.29 is 0 Å². The SMILES string of the molecule is CCCCn1cnc2c([nH]c3cc(C)ccc32)c1=O. The summed E-state index contributed by atoms with van der Waals surface area (Å²) in [7, 11) is 0. The molecule has 0 fully saturated rings. The minimum atomic E-state index is 0.0207. The van der Waals surface area contributed by atoms with Crippen molar-refractivity contribution in [3.63, 3.8) is 0 Å². The van der Waals surface area contributed by atoms with Gasteiger partial charge in [0.05, 0.1) is 6.33 Å². The van der Waals surface area contributed by atoms with Gasteiger partial charge in [0.15, 0.2) is 0 Å². The van der Waals surface area contributed by atoms with E-state index in [0.717, 1.165) is 35.8 Å². The van der Waals surface area contributed by atoms with Gasteiger partial charge in [-0.25, -0.2) is 4.98 Å². The van der Waals surface area contributed by atoms with E-state index in [9.17, 15) is 4.79 Å². The Labute approximate surface area is 111 Å². The molecule has 0 bridgehead atoms. The minimum absolute atomic E-state index is 0.0207. The molecule has 0 amide bonds. The van der Waals surface area contributed by atoms with Gasteiger partial charge >= 0.3 is 0 Å². The zero-order valence-electron chi connectivity index (χ0n) is 11.2. The van der Waals surface area contributed by atoms with E-state index in [4.69, 9.17) is 0 Å². The van der Waals surface area contributed by atoms with Crippen LogP contribution in [-0.4, -0.2) is 14.5 Å². The van der Waals surface area contributed by atoms with Gasteiger partial charge < -0.3 is 4.98 Å². The Morgan fingerprint density at radius 2 is 2.21 bits per heavy atom. The van der Waals surface area contributed by atoms with E-state index in [-0.39, 0.29) is 5.56 Å². The Kier molecular flexibility index (Phi) is 2.85. The third-order valence-electron chi connectivity index (χ3n) is 3.48. The van der Waals surface area contributed by atoms with Gasteiger partial charge in [0.1, 0.15) is 11.0 Å². The van der Waals surface area contributed by atoms with Crippen LogP contribution in [0.1, 0.15) is 25.3 Å². The Bertz CT molecular complexity index is 798. The summed E-state index contributed by atoms with van der Waals surface area (Å²) in [5, 5.41) is 1.01. The molecule has 0 aliphatic heterocycles. The lowest BCUT2D eigenvalue weighted by atomic mass is 10.2. The molecule has 0 radical (unpaired) electrons. The Morgan fingerprint density at radius 1 is 1.37 bits per heavy atom. The summed E-state index contributed by atoms with van der Waals surface area (Å²) in [6, 6.07) is 6.11. The summed E-state index contributed by atoms with van der Waals surface area (Å²) in [6.07, 6.45) is 3.72. The average molecular weight is 255 g/mol. The number of aryl methyl sites for hydroxylation is 2. The highest BCUT2D eigenvalue weighted by molar-refractivity contribution is 6.04. The molecule has 19 heavy (non-hydrogen) atoms. The number of benzene rings is 1. The molecule has 1 N–H and O–H groups in total. The molecule has 1 aromatic carbocycles. The first-order valence-electron chi connectivity index (χ1n) is 6.68. The van der Waals surface area contributed by atoms with E-state index in [0.29, 0.717) is 5.52 Å². The van der Waals surface area contributed by atoms with E-state index in [2.05, 4.69) is 16.9 Å². The highest BCUT2D eigenvalue weighted by atomic mass is 16.1. The maximum absolute atomic E-state index is 12.4. The Morgan fingerprint density at radius 3 is 3.00 bits per heavy atom. The first kappa shape index (κ1) is 12.0. The second-order valence-corrected chi connectivity index (χ2v) is 4.99. The molecule has 0 aliphatic rings. The lowest BCUT2D eigenvalue weighted by molar-refractivity contribution is 0.608. The monoisotopic (exact) mass is 255 g/mol. The van der Waals surface area contributed by atoms with E-state index in [1.165, 1.54) is 5.56 Å². The normalized spacial score (nSPS) is 11.5. The fourth-order valence-electron chi connectivity index (χ4n) is 2.40. The fraction of sp³-hybridized carbons (Fsp3) is 0.333. The van der Waals surface area contributed by atoms with Crippen LogP contribution in [0.25, 0.3) is 21.9 Å². The molecule has 2 heterocycles. The predicted octanol–water partition coefficient (Wildman–Crippen LogP) is 2.99. The van der Waals surface area contributed by atoms with E-state index in [1.54, 1.807) is 10.9 Å². The number of rotatable bonds is 3. The van der Waals surface area contributed by atoms with Crippen molar-refractivity contribution in [2.24, 2.45) is 0 Å². The van der Waals surface area contributed by atoms with Crippen LogP contribution in [-0.2, 0) is 6.54 Å². The molecule has 3 aromatic rings. The van der Waals surface area contributed by atoms with Crippen molar-refractivity contribution in [2.75, 3.05) is 0 Å². The molecule has 98 valence electrons. The number of nitrogens with zero attached hydrogens (tertiary/aromatic N) is 2. The van der Waals surface area contributed by atoms with Gasteiger partial charge in [-0.2, -0.15) is 0 Å². The summed E-state index contributed by atoms with van der Waals surface area (Å²) in [5.41, 5.74) is 3.55. The summed E-state index contributed by atoms with van der Waals surface area (Å²) < 4.78 is 1.69. The summed E-state index contributed by atoms with van der Waals surface area (Å²) >= 11 is 0. The van der Waals surface area contributed by atoms with Crippen LogP contribution in [0, 0.1) is 6.92 Å². The molecule has 3 rings (SSSR count). The standard InChI is InChI=1S/C15H17N3O/c1-3-4-7-18-9-16-13-11-6-5-10(2)8-12(11)17-14(13)15(18)19/h5-6,8-9,17H,3-4,7H2,1-2H3. The van der Waals surface area contributed by atoms with Crippen molar-refractivity contribution in [3.05, 3.63) is 40.4 Å². The van der Waals surface area contributed by atoms with Crippen LogP contribution < -0.4 is 5.56 Å². The molecule has 0 saturated heterocycles. The quantitative estimate of drug-likeness (QED) is 0.782. The molecule has 2 aromatic heterocycles. The van der Waals surface area contributed by atoms with Gasteiger partial charge in [-0.1, -0.05) is 25.5 Å². The molecular weight excluding hydrogens is 238 g/mol. The number of unbranched alkanes of at least 4 members (excludes halogenated alkanes) is 1. The van der Waals surface area contributed by atoms with E-state index in [1.807, 2.05) is 25.1 Å². The molecular formula is C15H17N3O. The topological polar surface area (TPSA) is 50.7 Å². The summed E-state index contributed by atoms with van der Waals surface area (Å²) in [5.74, 6) is 0. The molecule has 4 heteroatoms. The van der Waals surface area contributed by atoms with Gasteiger partial charge in [-0.05, 0) is 25.0 Å². The lowest BCUT2D eigenvalue weighted by Gasteiger charge is -2.02. The van der Waals surface area contributed by atoms with Gasteiger partial charge in [0, 0.05) is 17.4 Å². The first-order valence-corrected chi connectivity index (χ1v) is 6.68. The van der Waals surface area contributed by atoms with Crippen LogP contribution in [0.3, 0.4) is 0 Å². The van der Waals surface area contributed by atoms with E-state index < -0.39 is 0 Å². The molecule has 0 atom stereocenters. The smallest absolute Gasteiger partial charge is 0.277 e. The Hall–Kier alpha value is -2.10. The van der Waals surface area contributed by atoms with Crippen molar-refractivity contribution >= 4 is 21.9 Å². The Balaban J connectivity index is 2.26. The largest absolute Gasteiger partial charge is 0.349 e. The second kappa shape index (κ2) is 4.53. The lowest BCUT2D eigenvalue weighted by Crippen LogP contribution is -2.20. The number of fused-ring (bicyclic) bond motifs is 3. The number of nitrogens with one attached hydrogen (secondary N) is 1. The van der Waals surface area contributed by atoms with Gasteiger partial charge in [-0.3, -0.25) is 9.36 Å². The molecule has 0 spiro atoms. The van der Waals surface area contributed by atoms with Crippen molar-refractivity contribution in [1.82, 2.24) is 14.5 Å². The summed E-state index contributed by atoms with van der Waals surface area (Å²) in [6.45, 7) is 4.88. The molecule has 4 nitrogen and oxygen atoms in total. The van der Waals surface area contributed by atoms with Gasteiger partial charge in [0.25, 0.3) is 5.56 Å². The summed E-state index contributed by atoms with van der Waals surface area (Å²) in [4.78, 5) is 20.0. The van der Waals surface area contributed by atoms with Crippen molar-refractivity contribution in [1.29, 1.82) is 0 Å². The van der Waals surface area contributed by atoms with Crippen LogP contribution >= 0.6 is 0 Å². The minimum Gasteiger partial charge on any atom is -0.349 e. The van der Waals surface area contributed by atoms with Crippen molar-refractivity contribution in [2.45, 2.75) is 33.2 Å². The van der Waals surface area contributed by atoms with Crippen LogP contribution in [0.4, 0.5) is 0 Å². The van der Waals surface area contributed by atoms with Crippen LogP contribution in [0.5, 0.6) is 0 Å². The maximum atomic E-state index is 12.4. The van der Waals surface area contributed by atoms with E-state index >= 15 is 0 Å². The number of aromatic nitrogens is 3. The number of hydrogen-bond acceptors (Lipinski definition) is 2.